The summed E-state index contributed by atoms with van der Waals surface area (Å²) in [4.78, 5) is 37.0. The molecule has 1 aromatic carbocycles. The molecule has 0 aliphatic carbocycles. The van der Waals surface area contributed by atoms with Gasteiger partial charge in [-0.2, -0.15) is 11.8 Å². The fourth-order valence-electron chi connectivity index (χ4n) is 2.29. The highest BCUT2D eigenvalue weighted by Crippen LogP contribution is 2.22. The zero-order valence-electron chi connectivity index (χ0n) is 13.0. The summed E-state index contributed by atoms with van der Waals surface area (Å²) in [6.07, 6.45) is 0.658. The molecule has 6 nitrogen and oxygen atoms in total. The highest BCUT2D eigenvalue weighted by molar-refractivity contribution is 7.99. The minimum Gasteiger partial charge on any atom is -0.465 e. The Bertz CT molecular complexity index is 570. The molecular weight excluding hydrogens is 316 g/mol. The number of nitrogens with zero attached hydrogens (tertiary/aromatic N) is 1. The van der Waals surface area contributed by atoms with Crippen LogP contribution in [0.2, 0.25) is 0 Å². The van der Waals surface area contributed by atoms with Gasteiger partial charge in [0.1, 0.15) is 6.04 Å². The van der Waals surface area contributed by atoms with Gasteiger partial charge in [-0.3, -0.25) is 19.3 Å². The quantitative estimate of drug-likeness (QED) is 0.437. The number of carbonyl (C=O) groups is 3. The largest absolute Gasteiger partial charge is 0.465 e. The molecule has 2 amide bonds. The third kappa shape index (κ3) is 4.11. The first-order chi connectivity index (χ1) is 11.1. The zero-order chi connectivity index (χ0) is 16.8. The van der Waals surface area contributed by atoms with Gasteiger partial charge in [0.25, 0.3) is 11.8 Å². The van der Waals surface area contributed by atoms with Crippen molar-refractivity contribution in [3.8, 4) is 0 Å². The van der Waals surface area contributed by atoms with Crippen LogP contribution < -0.4 is 5.73 Å². The van der Waals surface area contributed by atoms with Gasteiger partial charge in [-0.25, -0.2) is 0 Å². The number of ether oxygens (including phenoxy) is 1. The van der Waals surface area contributed by atoms with Gasteiger partial charge in [0, 0.05) is 12.3 Å². The van der Waals surface area contributed by atoms with E-state index in [0.717, 1.165) is 0 Å². The van der Waals surface area contributed by atoms with Crippen molar-refractivity contribution in [3.05, 3.63) is 35.4 Å². The van der Waals surface area contributed by atoms with Gasteiger partial charge < -0.3 is 10.5 Å². The second-order valence-electron chi connectivity index (χ2n) is 5.09. The molecule has 1 atom stereocenters. The van der Waals surface area contributed by atoms with E-state index in [1.807, 2.05) is 0 Å². The maximum Gasteiger partial charge on any atom is 0.323 e. The summed E-state index contributed by atoms with van der Waals surface area (Å²) in [5.41, 5.74) is 6.63. The monoisotopic (exact) mass is 336 g/mol. The Labute approximate surface area is 139 Å². The molecule has 1 unspecified atom stereocenters. The maximum absolute atomic E-state index is 12.2. The Morgan fingerprint density at radius 3 is 2.43 bits per heavy atom. The lowest BCUT2D eigenvalue weighted by atomic mass is 10.1. The van der Waals surface area contributed by atoms with Crippen molar-refractivity contribution in [1.82, 2.24) is 4.90 Å². The van der Waals surface area contributed by atoms with Crippen LogP contribution in [0.25, 0.3) is 0 Å². The molecule has 1 aliphatic rings. The first-order valence-electron chi connectivity index (χ1n) is 7.51. The second kappa shape index (κ2) is 8.12. The summed E-state index contributed by atoms with van der Waals surface area (Å²) in [5.74, 6) is 0.291. The van der Waals surface area contributed by atoms with Crippen molar-refractivity contribution < 1.29 is 19.1 Å². The molecule has 1 heterocycles. The van der Waals surface area contributed by atoms with E-state index in [0.29, 0.717) is 42.2 Å². The van der Waals surface area contributed by atoms with Crippen molar-refractivity contribution in [3.63, 3.8) is 0 Å². The van der Waals surface area contributed by atoms with Gasteiger partial charge in [0.2, 0.25) is 0 Å². The SMILES string of the molecule is CCOC(=O)C(N)CSCCCN1C(=O)c2ccccc2C1=O. The van der Waals surface area contributed by atoms with Crippen molar-refractivity contribution >= 4 is 29.5 Å². The van der Waals surface area contributed by atoms with Crippen molar-refractivity contribution in [2.45, 2.75) is 19.4 Å². The summed E-state index contributed by atoms with van der Waals surface area (Å²) in [6, 6.07) is 6.20. The molecule has 124 valence electrons. The Morgan fingerprint density at radius 2 is 1.87 bits per heavy atom. The summed E-state index contributed by atoms with van der Waals surface area (Å²) < 4.78 is 4.83. The minimum absolute atomic E-state index is 0.237. The van der Waals surface area contributed by atoms with Crippen molar-refractivity contribution in [2.75, 3.05) is 24.7 Å². The smallest absolute Gasteiger partial charge is 0.323 e. The van der Waals surface area contributed by atoms with Crippen LogP contribution in [0.3, 0.4) is 0 Å². The van der Waals surface area contributed by atoms with E-state index in [1.54, 1.807) is 31.2 Å². The molecule has 7 heteroatoms. The lowest BCUT2D eigenvalue weighted by Gasteiger charge is -2.14. The van der Waals surface area contributed by atoms with Crippen LogP contribution in [0.5, 0.6) is 0 Å². The third-order valence-electron chi connectivity index (χ3n) is 3.44. The zero-order valence-corrected chi connectivity index (χ0v) is 13.8. The van der Waals surface area contributed by atoms with Crippen LogP contribution in [0.15, 0.2) is 24.3 Å². The van der Waals surface area contributed by atoms with E-state index >= 15 is 0 Å². The highest BCUT2D eigenvalue weighted by atomic mass is 32.2. The number of amides is 2. The number of thioether (sulfide) groups is 1. The van der Waals surface area contributed by atoms with Crippen LogP contribution in [0.4, 0.5) is 0 Å². The minimum atomic E-state index is -0.640. The number of imide groups is 1. The fourth-order valence-corrected chi connectivity index (χ4v) is 3.18. The van der Waals surface area contributed by atoms with Crippen LogP contribution in [-0.2, 0) is 9.53 Å². The fraction of sp³-hybridized carbons (Fsp3) is 0.438. The molecule has 0 aromatic heterocycles. The Balaban J connectivity index is 1.73. The number of hydrogen-bond acceptors (Lipinski definition) is 6. The van der Waals surface area contributed by atoms with E-state index in [-0.39, 0.29) is 11.8 Å². The number of rotatable bonds is 8. The van der Waals surface area contributed by atoms with Crippen molar-refractivity contribution in [1.29, 1.82) is 0 Å². The summed E-state index contributed by atoms with van der Waals surface area (Å²) >= 11 is 1.51. The summed E-state index contributed by atoms with van der Waals surface area (Å²) in [5, 5.41) is 0. The van der Waals surface area contributed by atoms with Gasteiger partial charge in [0.05, 0.1) is 17.7 Å². The molecule has 0 fully saturated rings. The Hall–Kier alpha value is -1.86. The number of nitrogens with two attached hydrogens (primary N) is 1. The van der Waals surface area contributed by atoms with Gasteiger partial charge in [-0.05, 0) is 31.2 Å². The summed E-state index contributed by atoms with van der Waals surface area (Å²) in [7, 11) is 0. The predicted molar refractivity (Wildman–Crippen MR) is 88.4 cm³/mol. The van der Waals surface area contributed by atoms with Gasteiger partial charge in [-0.1, -0.05) is 12.1 Å². The van der Waals surface area contributed by atoms with Crippen LogP contribution >= 0.6 is 11.8 Å². The molecule has 0 spiro atoms. The molecule has 2 rings (SSSR count). The molecule has 1 aromatic rings. The first kappa shape index (κ1) is 17.5. The number of carbonyl (C=O) groups excluding carboxylic acids is 3. The number of benzene rings is 1. The van der Waals surface area contributed by atoms with Crippen molar-refractivity contribution in [2.24, 2.45) is 5.73 Å². The van der Waals surface area contributed by atoms with Gasteiger partial charge in [0.15, 0.2) is 0 Å². The Morgan fingerprint density at radius 1 is 1.26 bits per heavy atom. The van der Waals surface area contributed by atoms with E-state index in [2.05, 4.69) is 0 Å². The lowest BCUT2D eigenvalue weighted by Crippen LogP contribution is -2.35. The lowest BCUT2D eigenvalue weighted by molar-refractivity contribution is -0.144. The molecule has 23 heavy (non-hydrogen) atoms. The molecule has 0 radical (unpaired) electrons. The topological polar surface area (TPSA) is 89.7 Å². The predicted octanol–water partition coefficient (Wildman–Crippen LogP) is 1.30. The summed E-state index contributed by atoms with van der Waals surface area (Å²) in [6.45, 7) is 2.42. The normalized spacial score (nSPS) is 14.8. The van der Waals surface area contributed by atoms with E-state index in [4.69, 9.17) is 10.5 Å². The standard InChI is InChI=1S/C16H20N2O4S/c1-2-22-16(21)13(17)10-23-9-5-8-18-14(19)11-6-3-4-7-12(11)15(18)20/h3-4,6-7,13H,2,5,8-10,17H2,1H3. The average molecular weight is 336 g/mol. The van der Waals surface area contributed by atoms with Gasteiger partial charge in [-0.15, -0.1) is 0 Å². The first-order valence-corrected chi connectivity index (χ1v) is 8.67. The molecule has 2 N–H and O–H groups in total. The number of hydrogen-bond donors (Lipinski definition) is 1. The van der Waals surface area contributed by atoms with Crippen LogP contribution in [0.1, 0.15) is 34.1 Å². The molecular formula is C16H20N2O4S. The second-order valence-corrected chi connectivity index (χ2v) is 6.24. The number of esters is 1. The third-order valence-corrected chi connectivity index (χ3v) is 4.61. The molecule has 0 bridgehead atoms. The van der Waals surface area contributed by atoms with E-state index in [9.17, 15) is 14.4 Å². The maximum atomic E-state index is 12.2. The molecule has 0 saturated carbocycles. The van der Waals surface area contributed by atoms with Crippen LogP contribution in [0, 0.1) is 0 Å². The van der Waals surface area contributed by atoms with Crippen LogP contribution in [-0.4, -0.2) is 53.4 Å². The van der Waals surface area contributed by atoms with E-state index < -0.39 is 12.0 Å². The van der Waals surface area contributed by atoms with Gasteiger partial charge >= 0.3 is 5.97 Å². The Kier molecular flexibility index (Phi) is 6.18. The number of fused-ring (bicyclic) bond motifs is 1. The molecule has 1 aliphatic heterocycles. The van der Waals surface area contributed by atoms with E-state index in [1.165, 1.54) is 16.7 Å². The average Bonchev–Trinajstić information content (AvgIpc) is 2.79. The molecule has 0 saturated heterocycles. The highest BCUT2D eigenvalue weighted by Gasteiger charge is 2.34.